The highest BCUT2D eigenvalue weighted by molar-refractivity contribution is 5.42. The predicted octanol–water partition coefficient (Wildman–Crippen LogP) is 1.01. The summed E-state index contributed by atoms with van der Waals surface area (Å²) in [5.74, 6) is 2.95. The Hall–Kier alpha value is -0.950. The first-order valence-corrected chi connectivity index (χ1v) is 3.64. The third-order valence-electron chi connectivity index (χ3n) is 1.38. The second kappa shape index (κ2) is 3.28. The van der Waals surface area contributed by atoms with Crippen molar-refractivity contribution in [3.8, 4) is 0 Å². The molecule has 0 aromatic heterocycles. The van der Waals surface area contributed by atoms with Crippen LogP contribution in [-0.2, 0) is 0 Å². The van der Waals surface area contributed by atoms with Crippen LogP contribution >= 0.6 is 0 Å². The maximum atomic E-state index is 4.13. The molecule has 0 aromatic rings. The lowest BCUT2D eigenvalue weighted by Crippen LogP contribution is -2.02. The Labute approximate surface area is 61.0 Å². The van der Waals surface area contributed by atoms with E-state index in [1.807, 2.05) is 17.9 Å². The van der Waals surface area contributed by atoms with Gasteiger partial charge in [0.1, 0.15) is 0 Å². The minimum absolute atomic E-state index is 1.01. The van der Waals surface area contributed by atoms with Crippen LogP contribution in [0.5, 0.6) is 0 Å². The molecule has 0 amide bonds. The molecule has 1 heterocycles. The topological polar surface area (TPSA) is 18.4 Å². The van der Waals surface area contributed by atoms with Crippen molar-refractivity contribution in [2.24, 2.45) is 5.22 Å². The zero-order valence-corrected chi connectivity index (χ0v) is 6.54. The van der Waals surface area contributed by atoms with E-state index in [0.717, 1.165) is 6.54 Å². The van der Waals surface area contributed by atoms with Crippen LogP contribution in [0.3, 0.4) is 0 Å². The van der Waals surface area contributed by atoms with Crippen LogP contribution in [0.4, 0.5) is 0 Å². The molecule has 0 radical (unpaired) electrons. The molecular formula is C7H13N3+2. The van der Waals surface area contributed by atoms with Crippen molar-refractivity contribution in [3.05, 3.63) is 6.20 Å². The van der Waals surface area contributed by atoms with Crippen LogP contribution in [0.25, 0.3) is 0 Å². The van der Waals surface area contributed by atoms with Gasteiger partial charge in [-0.1, -0.05) is 13.3 Å². The molecular weight excluding hydrogens is 126 g/mol. The average Bonchev–Trinajstić information content (AvgIpc) is 2.31. The number of unbranched alkanes of at least 4 members (excludes halogenated alkanes) is 1. The Balaban J connectivity index is 2.35. The van der Waals surface area contributed by atoms with E-state index >= 15 is 0 Å². The Kier molecular flexibility index (Phi) is 2.35. The molecule has 0 N–H and O–H groups in total. The van der Waals surface area contributed by atoms with Crippen molar-refractivity contribution >= 4 is 5.87 Å². The van der Waals surface area contributed by atoms with Crippen LogP contribution in [0.1, 0.15) is 19.8 Å². The molecule has 54 valence electrons. The van der Waals surface area contributed by atoms with Gasteiger partial charge in [0.2, 0.25) is 0 Å². The molecule has 0 unspecified atom stereocenters. The molecule has 10 heavy (non-hydrogen) atoms. The van der Waals surface area contributed by atoms with E-state index in [1.54, 1.807) is 4.68 Å². The van der Waals surface area contributed by atoms with Crippen LogP contribution in [-0.4, -0.2) is 28.8 Å². The second-order valence-corrected chi connectivity index (χ2v) is 2.39. The highest BCUT2D eigenvalue weighted by Crippen LogP contribution is 1.91. The minimum atomic E-state index is 1.01. The van der Waals surface area contributed by atoms with E-state index in [1.165, 1.54) is 12.8 Å². The molecule has 0 saturated heterocycles. The smallest absolute Gasteiger partial charge is 0.0651 e. The predicted molar refractivity (Wildman–Crippen MR) is 38.2 cm³/mol. The lowest BCUT2D eigenvalue weighted by atomic mass is 10.3. The molecule has 0 aliphatic carbocycles. The first-order chi connectivity index (χ1) is 4.83. The van der Waals surface area contributed by atoms with Gasteiger partial charge in [-0.15, -0.1) is 0 Å². The number of rotatable bonds is 3. The lowest BCUT2D eigenvalue weighted by Gasteiger charge is -1.83. The molecule has 3 heteroatoms. The fraction of sp³-hybridized carbons (Fsp3) is 0.714. The molecule has 0 saturated carbocycles. The lowest BCUT2D eigenvalue weighted by molar-refractivity contribution is -0.665. The summed E-state index contributed by atoms with van der Waals surface area (Å²) < 4.78 is 3.60. The summed E-state index contributed by atoms with van der Waals surface area (Å²) in [5, 5.41) is 4.13. The normalized spacial score (nSPS) is 15.4. The monoisotopic (exact) mass is 139 g/mol. The Morgan fingerprint density at radius 3 is 2.90 bits per heavy atom. The third-order valence-corrected chi connectivity index (χ3v) is 1.38. The van der Waals surface area contributed by atoms with Crippen molar-refractivity contribution in [2.45, 2.75) is 19.8 Å². The summed E-state index contributed by atoms with van der Waals surface area (Å²) >= 11 is 0. The van der Waals surface area contributed by atoms with E-state index in [2.05, 4.69) is 18.0 Å². The van der Waals surface area contributed by atoms with Crippen molar-refractivity contribution in [1.82, 2.24) is 0 Å². The molecule has 1 aliphatic heterocycles. The Morgan fingerprint density at radius 1 is 1.60 bits per heavy atom. The van der Waals surface area contributed by atoms with E-state index < -0.39 is 0 Å². The van der Waals surface area contributed by atoms with Crippen LogP contribution in [0, 0.1) is 0 Å². The van der Waals surface area contributed by atoms with Crippen molar-refractivity contribution < 1.29 is 9.38 Å². The van der Waals surface area contributed by atoms with E-state index in [9.17, 15) is 0 Å². The fourth-order valence-electron chi connectivity index (χ4n) is 0.804. The standard InChI is InChI=1S/C7H13N3/c1-3-4-5-10-7-6-9(2)8-10/h7H,3-5H2,1-2H3/q+2. The fourth-order valence-corrected chi connectivity index (χ4v) is 0.804. The van der Waals surface area contributed by atoms with Crippen molar-refractivity contribution in [2.75, 3.05) is 13.6 Å². The molecule has 3 nitrogen and oxygen atoms in total. The van der Waals surface area contributed by atoms with Gasteiger partial charge in [0.15, 0.2) is 13.6 Å². The van der Waals surface area contributed by atoms with E-state index in [-0.39, 0.29) is 0 Å². The zero-order valence-electron chi connectivity index (χ0n) is 6.54. The Bertz CT molecular complexity index is 209. The summed E-state index contributed by atoms with van der Waals surface area (Å²) in [5.41, 5.74) is 0. The number of hydrogen-bond donors (Lipinski definition) is 0. The van der Waals surface area contributed by atoms with Crippen LogP contribution < -0.4 is 0 Å². The average molecular weight is 139 g/mol. The SMILES string of the molecule is CCCC[N+]1=N[N+](C)=C=C1. The van der Waals surface area contributed by atoms with Gasteiger partial charge in [-0.2, -0.15) is 0 Å². The molecule has 0 atom stereocenters. The van der Waals surface area contributed by atoms with Crippen molar-refractivity contribution in [3.63, 3.8) is 0 Å². The molecule has 1 rings (SSSR count). The van der Waals surface area contributed by atoms with Gasteiger partial charge in [0, 0.05) is 11.1 Å². The van der Waals surface area contributed by atoms with Crippen LogP contribution in [0.15, 0.2) is 11.4 Å². The van der Waals surface area contributed by atoms with Gasteiger partial charge < -0.3 is 0 Å². The number of hydrogen-bond acceptors (Lipinski definition) is 1. The first-order valence-electron chi connectivity index (χ1n) is 3.64. The first kappa shape index (κ1) is 7.16. The molecule has 1 aliphatic rings. The van der Waals surface area contributed by atoms with Crippen LogP contribution in [0.2, 0.25) is 0 Å². The third kappa shape index (κ3) is 1.78. The summed E-state index contributed by atoms with van der Waals surface area (Å²) in [6.45, 7) is 3.18. The van der Waals surface area contributed by atoms with Gasteiger partial charge in [-0.25, -0.2) is 0 Å². The molecule has 0 spiro atoms. The highest BCUT2D eigenvalue weighted by atomic mass is 15.5. The molecule has 0 aromatic carbocycles. The molecule has 0 bridgehead atoms. The number of nitrogens with zero attached hydrogens (tertiary/aromatic N) is 3. The molecule has 0 fully saturated rings. The largest absolute Gasteiger partial charge is 0.311 e. The van der Waals surface area contributed by atoms with E-state index in [4.69, 9.17) is 0 Å². The van der Waals surface area contributed by atoms with E-state index in [0.29, 0.717) is 0 Å². The maximum Gasteiger partial charge on any atom is 0.311 e. The van der Waals surface area contributed by atoms with Crippen molar-refractivity contribution in [1.29, 1.82) is 0 Å². The Morgan fingerprint density at radius 2 is 2.40 bits per heavy atom. The van der Waals surface area contributed by atoms with Gasteiger partial charge in [-0.3, -0.25) is 0 Å². The van der Waals surface area contributed by atoms with Gasteiger partial charge >= 0.3 is 6.20 Å². The highest BCUT2D eigenvalue weighted by Gasteiger charge is 2.12. The minimum Gasteiger partial charge on any atom is -0.0651 e. The van der Waals surface area contributed by atoms with Gasteiger partial charge in [0.25, 0.3) is 11.1 Å². The zero-order chi connectivity index (χ0) is 7.40. The summed E-state index contributed by atoms with van der Waals surface area (Å²) in [6.07, 6.45) is 4.27. The summed E-state index contributed by atoms with van der Waals surface area (Å²) in [6, 6.07) is 0. The van der Waals surface area contributed by atoms with Gasteiger partial charge in [0.05, 0.1) is 0 Å². The second-order valence-electron chi connectivity index (χ2n) is 2.39. The summed E-state index contributed by atoms with van der Waals surface area (Å²) in [4.78, 5) is 0. The van der Waals surface area contributed by atoms with Gasteiger partial charge in [-0.05, 0) is 4.70 Å². The quantitative estimate of drug-likeness (QED) is 0.519. The maximum absolute atomic E-state index is 4.13. The summed E-state index contributed by atoms with van der Waals surface area (Å²) in [7, 11) is 1.88.